The molecule has 1 aromatic heterocycles. The first-order chi connectivity index (χ1) is 10.7. The van der Waals surface area contributed by atoms with Gasteiger partial charge in [-0.05, 0) is 25.5 Å². The summed E-state index contributed by atoms with van der Waals surface area (Å²) in [5.74, 6) is 1.83. The lowest BCUT2D eigenvalue weighted by atomic mass is 10.2. The van der Waals surface area contributed by atoms with Gasteiger partial charge in [0.25, 0.3) is 0 Å². The SMILES string of the molecule is CCCCCCNC(=NCc1cccc(N(C)C)n1)NCC. The number of pyridine rings is 1. The molecule has 1 aromatic rings. The number of hydrogen-bond donors (Lipinski definition) is 2. The lowest BCUT2D eigenvalue weighted by Crippen LogP contribution is -2.37. The molecule has 22 heavy (non-hydrogen) atoms. The van der Waals surface area contributed by atoms with E-state index in [1.54, 1.807) is 0 Å². The second-order valence-corrected chi connectivity index (χ2v) is 5.56. The molecule has 0 aliphatic rings. The van der Waals surface area contributed by atoms with Gasteiger partial charge in [-0.2, -0.15) is 0 Å². The zero-order chi connectivity index (χ0) is 16.2. The lowest BCUT2D eigenvalue weighted by Gasteiger charge is -2.13. The third kappa shape index (κ3) is 7.29. The summed E-state index contributed by atoms with van der Waals surface area (Å²) < 4.78 is 0. The Kier molecular flexibility index (Phi) is 9.03. The highest BCUT2D eigenvalue weighted by atomic mass is 15.2. The summed E-state index contributed by atoms with van der Waals surface area (Å²) in [7, 11) is 3.99. The highest BCUT2D eigenvalue weighted by Gasteiger charge is 2.01. The fourth-order valence-corrected chi connectivity index (χ4v) is 2.06. The van der Waals surface area contributed by atoms with E-state index in [9.17, 15) is 0 Å². The maximum absolute atomic E-state index is 4.62. The number of aromatic nitrogens is 1. The van der Waals surface area contributed by atoms with Crippen LogP contribution in [0.3, 0.4) is 0 Å². The molecule has 0 bridgehead atoms. The molecule has 124 valence electrons. The molecule has 0 aromatic carbocycles. The largest absolute Gasteiger partial charge is 0.363 e. The Hall–Kier alpha value is -1.78. The maximum atomic E-state index is 4.62. The van der Waals surface area contributed by atoms with E-state index in [1.807, 2.05) is 37.2 Å². The quantitative estimate of drug-likeness (QED) is 0.418. The van der Waals surface area contributed by atoms with E-state index < -0.39 is 0 Å². The van der Waals surface area contributed by atoms with Crippen molar-refractivity contribution in [2.45, 2.75) is 46.1 Å². The molecule has 0 saturated heterocycles. The van der Waals surface area contributed by atoms with Crippen molar-refractivity contribution in [2.75, 3.05) is 32.1 Å². The van der Waals surface area contributed by atoms with Crippen molar-refractivity contribution in [3.63, 3.8) is 0 Å². The Bertz CT molecular complexity index is 442. The van der Waals surface area contributed by atoms with Crippen molar-refractivity contribution in [1.82, 2.24) is 15.6 Å². The molecular formula is C17H31N5. The van der Waals surface area contributed by atoms with E-state index in [2.05, 4.69) is 34.5 Å². The summed E-state index contributed by atoms with van der Waals surface area (Å²) in [6.07, 6.45) is 5.03. The molecular weight excluding hydrogens is 274 g/mol. The van der Waals surface area contributed by atoms with Gasteiger partial charge in [-0.1, -0.05) is 32.3 Å². The van der Waals surface area contributed by atoms with Crippen LogP contribution in [0.2, 0.25) is 0 Å². The Morgan fingerprint density at radius 2 is 1.95 bits per heavy atom. The van der Waals surface area contributed by atoms with Gasteiger partial charge in [0.2, 0.25) is 0 Å². The maximum Gasteiger partial charge on any atom is 0.191 e. The van der Waals surface area contributed by atoms with E-state index in [0.717, 1.165) is 30.6 Å². The first-order valence-electron chi connectivity index (χ1n) is 8.32. The summed E-state index contributed by atoms with van der Waals surface area (Å²) in [5, 5.41) is 6.67. The molecule has 0 atom stereocenters. The molecule has 0 aliphatic heterocycles. The number of aliphatic imine (C=N–C) groups is 1. The summed E-state index contributed by atoms with van der Waals surface area (Å²) in [6.45, 7) is 6.74. The van der Waals surface area contributed by atoms with Gasteiger partial charge < -0.3 is 15.5 Å². The van der Waals surface area contributed by atoms with E-state index in [-0.39, 0.29) is 0 Å². The molecule has 2 N–H and O–H groups in total. The normalized spacial score (nSPS) is 11.4. The predicted molar refractivity (Wildman–Crippen MR) is 95.5 cm³/mol. The van der Waals surface area contributed by atoms with E-state index in [1.165, 1.54) is 25.7 Å². The Morgan fingerprint density at radius 3 is 2.64 bits per heavy atom. The van der Waals surface area contributed by atoms with Crippen LogP contribution < -0.4 is 15.5 Å². The van der Waals surface area contributed by atoms with Crippen LogP contribution in [0.25, 0.3) is 0 Å². The van der Waals surface area contributed by atoms with Gasteiger partial charge in [-0.25, -0.2) is 9.98 Å². The van der Waals surface area contributed by atoms with Gasteiger partial charge in [0.1, 0.15) is 5.82 Å². The molecule has 0 spiro atoms. The highest BCUT2D eigenvalue weighted by Crippen LogP contribution is 2.08. The van der Waals surface area contributed by atoms with Crippen LogP contribution in [0.4, 0.5) is 5.82 Å². The van der Waals surface area contributed by atoms with Gasteiger partial charge in [-0.15, -0.1) is 0 Å². The van der Waals surface area contributed by atoms with Gasteiger partial charge >= 0.3 is 0 Å². The Morgan fingerprint density at radius 1 is 1.14 bits per heavy atom. The van der Waals surface area contributed by atoms with E-state index >= 15 is 0 Å². The Labute approximate surface area is 135 Å². The van der Waals surface area contributed by atoms with Gasteiger partial charge in [0.05, 0.1) is 12.2 Å². The second-order valence-electron chi connectivity index (χ2n) is 5.56. The van der Waals surface area contributed by atoms with Crippen LogP contribution in [0, 0.1) is 0 Å². The van der Waals surface area contributed by atoms with Crippen LogP contribution in [0.1, 0.15) is 45.2 Å². The van der Waals surface area contributed by atoms with Gasteiger partial charge in [-0.3, -0.25) is 0 Å². The van der Waals surface area contributed by atoms with E-state index in [0.29, 0.717) is 6.54 Å². The van der Waals surface area contributed by atoms with Crippen molar-refractivity contribution in [2.24, 2.45) is 4.99 Å². The monoisotopic (exact) mass is 305 g/mol. The zero-order valence-electron chi connectivity index (χ0n) is 14.5. The molecule has 0 saturated carbocycles. The van der Waals surface area contributed by atoms with Crippen molar-refractivity contribution in [1.29, 1.82) is 0 Å². The lowest BCUT2D eigenvalue weighted by molar-refractivity contribution is 0.647. The van der Waals surface area contributed by atoms with Crippen molar-refractivity contribution >= 4 is 11.8 Å². The van der Waals surface area contributed by atoms with Crippen LogP contribution in [-0.4, -0.2) is 38.1 Å². The minimum absolute atomic E-state index is 0.589. The first-order valence-corrected chi connectivity index (χ1v) is 8.32. The van der Waals surface area contributed by atoms with Crippen LogP contribution in [-0.2, 0) is 6.54 Å². The second kappa shape index (κ2) is 10.9. The van der Waals surface area contributed by atoms with Crippen molar-refractivity contribution in [3.05, 3.63) is 23.9 Å². The molecule has 5 nitrogen and oxygen atoms in total. The summed E-state index contributed by atoms with van der Waals surface area (Å²) in [6, 6.07) is 6.05. The average Bonchev–Trinajstić information content (AvgIpc) is 2.52. The molecule has 1 heterocycles. The van der Waals surface area contributed by atoms with Crippen molar-refractivity contribution < 1.29 is 0 Å². The fraction of sp³-hybridized carbons (Fsp3) is 0.647. The van der Waals surface area contributed by atoms with Crippen LogP contribution in [0.15, 0.2) is 23.2 Å². The third-order valence-electron chi connectivity index (χ3n) is 3.32. The number of guanidine groups is 1. The summed E-state index contributed by atoms with van der Waals surface area (Å²) in [5.41, 5.74) is 0.981. The number of unbranched alkanes of at least 4 members (excludes halogenated alkanes) is 3. The minimum atomic E-state index is 0.589. The summed E-state index contributed by atoms with van der Waals surface area (Å²) >= 11 is 0. The molecule has 0 radical (unpaired) electrons. The average molecular weight is 305 g/mol. The predicted octanol–water partition coefficient (Wildman–Crippen LogP) is 2.78. The topological polar surface area (TPSA) is 52.6 Å². The third-order valence-corrected chi connectivity index (χ3v) is 3.32. The van der Waals surface area contributed by atoms with Crippen LogP contribution >= 0.6 is 0 Å². The van der Waals surface area contributed by atoms with Crippen LogP contribution in [0.5, 0.6) is 0 Å². The summed E-state index contributed by atoms with van der Waals surface area (Å²) in [4.78, 5) is 11.2. The molecule has 0 fully saturated rings. The number of nitrogens with one attached hydrogen (secondary N) is 2. The molecule has 0 unspecified atom stereocenters. The molecule has 5 heteroatoms. The number of nitrogens with zero attached hydrogens (tertiary/aromatic N) is 3. The van der Waals surface area contributed by atoms with Crippen molar-refractivity contribution in [3.8, 4) is 0 Å². The smallest absolute Gasteiger partial charge is 0.191 e. The first kappa shape index (κ1) is 18.3. The highest BCUT2D eigenvalue weighted by molar-refractivity contribution is 5.79. The Balaban J connectivity index is 2.52. The molecule has 1 rings (SSSR count). The van der Waals surface area contributed by atoms with Gasteiger partial charge in [0, 0.05) is 27.2 Å². The molecule has 0 amide bonds. The number of anilines is 1. The number of rotatable bonds is 9. The number of hydrogen-bond acceptors (Lipinski definition) is 3. The standard InChI is InChI=1S/C17H31N5/c1-5-7-8-9-13-19-17(18-6-2)20-14-15-11-10-12-16(21-15)22(3)4/h10-12H,5-9,13-14H2,1-4H3,(H2,18,19,20). The minimum Gasteiger partial charge on any atom is -0.363 e. The fourth-order valence-electron chi connectivity index (χ4n) is 2.06. The van der Waals surface area contributed by atoms with E-state index in [4.69, 9.17) is 0 Å². The molecule has 0 aliphatic carbocycles. The zero-order valence-corrected chi connectivity index (χ0v) is 14.5. The van der Waals surface area contributed by atoms with Gasteiger partial charge in [0.15, 0.2) is 5.96 Å².